The molecule has 36 heavy (non-hydrogen) atoms. The van der Waals surface area contributed by atoms with Crippen LogP contribution in [-0.2, 0) is 41.6 Å². The standard InChI is InChI=1S/C16H20BNO4.C10H8BrNO2/c1-11(19)20-10-12-9-13(18-6)7-8-14(12)17-21-15(2,3)16(4,5)22-17;1-7(13)14-6-8-5-9(12-2)3-4-10(8)11/h7-9H,10H2,1-5H3;3-5H,6H2,1H3. The van der Waals surface area contributed by atoms with Gasteiger partial charge in [-0.2, -0.15) is 0 Å². The van der Waals surface area contributed by atoms with Crippen LogP contribution in [-0.4, -0.2) is 30.3 Å². The topological polar surface area (TPSA) is 79.8 Å². The van der Waals surface area contributed by atoms with Crippen LogP contribution in [0.1, 0.15) is 52.7 Å². The minimum Gasteiger partial charge on any atom is -0.461 e. The van der Waals surface area contributed by atoms with E-state index in [1.807, 2.05) is 27.7 Å². The first-order valence-corrected chi connectivity index (χ1v) is 11.9. The van der Waals surface area contributed by atoms with Gasteiger partial charge in [-0.3, -0.25) is 9.59 Å². The van der Waals surface area contributed by atoms with Crippen LogP contribution < -0.4 is 5.46 Å². The lowest BCUT2D eigenvalue weighted by Gasteiger charge is -2.32. The fourth-order valence-corrected chi connectivity index (χ4v) is 3.45. The van der Waals surface area contributed by atoms with Crippen LogP contribution in [0.4, 0.5) is 11.4 Å². The minimum atomic E-state index is -0.546. The van der Waals surface area contributed by atoms with Gasteiger partial charge >= 0.3 is 19.1 Å². The zero-order valence-electron chi connectivity index (χ0n) is 21.2. The molecule has 1 aliphatic rings. The number of esters is 2. The summed E-state index contributed by atoms with van der Waals surface area (Å²) in [6.45, 7) is 24.9. The molecule has 0 spiro atoms. The maximum atomic E-state index is 11.1. The summed E-state index contributed by atoms with van der Waals surface area (Å²) in [7, 11) is -0.546. The average molecular weight is 555 g/mol. The SMILES string of the molecule is [C-]#[N+]c1ccc(B2OC(C)(C)C(C)(C)O2)c(COC(C)=O)c1.[C-]#[N+]c1ccc(Br)c(COC(C)=O)c1. The summed E-state index contributed by atoms with van der Waals surface area (Å²) in [6.07, 6.45) is 0. The molecule has 0 bridgehead atoms. The Bertz CT molecular complexity index is 1200. The molecule has 0 radical (unpaired) electrons. The lowest BCUT2D eigenvalue weighted by atomic mass is 9.76. The molecule has 0 aliphatic carbocycles. The van der Waals surface area contributed by atoms with Crippen LogP contribution in [0.25, 0.3) is 9.69 Å². The van der Waals surface area contributed by atoms with E-state index in [2.05, 4.69) is 25.6 Å². The summed E-state index contributed by atoms with van der Waals surface area (Å²) >= 11 is 3.32. The average Bonchev–Trinajstić information content (AvgIpc) is 3.03. The maximum absolute atomic E-state index is 11.1. The molecule has 0 saturated carbocycles. The number of ether oxygens (including phenoxy) is 2. The highest BCUT2D eigenvalue weighted by atomic mass is 79.9. The van der Waals surface area contributed by atoms with Crippen LogP contribution in [0.15, 0.2) is 40.9 Å². The van der Waals surface area contributed by atoms with Gasteiger partial charge in [0.1, 0.15) is 13.2 Å². The van der Waals surface area contributed by atoms with Crippen molar-refractivity contribution in [3.63, 3.8) is 0 Å². The number of rotatable bonds is 5. The summed E-state index contributed by atoms with van der Waals surface area (Å²) in [5.41, 5.74) is 2.44. The molecule has 2 aromatic carbocycles. The van der Waals surface area contributed by atoms with Crippen LogP contribution in [0, 0.1) is 13.1 Å². The van der Waals surface area contributed by atoms with Crippen molar-refractivity contribution in [2.45, 2.75) is 66.0 Å². The fraction of sp³-hybridized carbons (Fsp3) is 0.385. The molecule has 1 saturated heterocycles. The van der Waals surface area contributed by atoms with Crippen molar-refractivity contribution in [1.82, 2.24) is 0 Å². The zero-order valence-corrected chi connectivity index (χ0v) is 22.8. The molecule has 10 heteroatoms. The number of nitrogens with zero attached hydrogens (tertiary/aromatic N) is 2. The molecular weight excluding hydrogens is 527 g/mol. The van der Waals surface area contributed by atoms with E-state index in [0.717, 1.165) is 21.1 Å². The lowest BCUT2D eigenvalue weighted by Crippen LogP contribution is -2.41. The van der Waals surface area contributed by atoms with Crippen LogP contribution in [0.5, 0.6) is 0 Å². The molecule has 1 aliphatic heterocycles. The number of carbonyl (C=O) groups excluding carboxylic acids is 2. The Morgan fingerprint density at radius 2 is 1.31 bits per heavy atom. The Morgan fingerprint density at radius 3 is 1.78 bits per heavy atom. The monoisotopic (exact) mass is 554 g/mol. The number of halogens is 1. The van der Waals surface area contributed by atoms with Gasteiger partial charge in [-0.05, 0) is 50.4 Å². The molecular formula is C26H28BBrN2O6. The molecule has 0 N–H and O–H groups in total. The molecule has 3 rings (SSSR count). The normalized spacial score (nSPS) is 15.1. The molecule has 1 heterocycles. The Morgan fingerprint density at radius 1 is 0.861 bits per heavy atom. The second-order valence-corrected chi connectivity index (χ2v) is 9.89. The Balaban J connectivity index is 0.000000281. The van der Waals surface area contributed by atoms with Crippen molar-refractivity contribution in [3.05, 3.63) is 74.8 Å². The largest absolute Gasteiger partial charge is 0.495 e. The molecule has 0 amide bonds. The van der Waals surface area contributed by atoms with Crippen LogP contribution in [0.2, 0.25) is 0 Å². The number of hydrogen-bond acceptors (Lipinski definition) is 6. The quantitative estimate of drug-likeness (QED) is 0.269. The summed E-state index contributed by atoms with van der Waals surface area (Å²) in [5.74, 6) is -0.696. The van der Waals surface area contributed by atoms with Gasteiger partial charge in [-0.1, -0.05) is 46.3 Å². The van der Waals surface area contributed by atoms with Gasteiger partial charge in [0.05, 0.1) is 24.3 Å². The minimum absolute atomic E-state index is 0.0953. The predicted molar refractivity (Wildman–Crippen MR) is 140 cm³/mol. The van der Waals surface area contributed by atoms with E-state index >= 15 is 0 Å². The maximum Gasteiger partial charge on any atom is 0.495 e. The third-order valence-corrected chi connectivity index (χ3v) is 6.56. The summed E-state index contributed by atoms with van der Waals surface area (Å²) < 4.78 is 22.8. The third kappa shape index (κ3) is 7.66. The fourth-order valence-electron chi connectivity index (χ4n) is 3.09. The molecule has 2 aromatic rings. The molecule has 1 fully saturated rings. The van der Waals surface area contributed by atoms with E-state index in [9.17, 15) is 9.59 Å². The van der Waals surface area contributed by atoms with E-state index in [0.29, 0.717) is 11.4 Å². The van der Waals surface area contributed by atoms with Gasteiger partial charge in [0.2, 0.25) is 0 Å². The molecule has 0 aromatic heterocycles. The Labute approximate surface area is 220 Å². The summed E-state index contributed by atoms with van der Waals surface area (Å²) in [5, 5.41) is 0. The smallest absolute Gasteiger partial charge is 0.461 e. The number of benzene rings is 2. The van der Waals surface area contributed by atoms with Crippen molar-refractivity contribution in [1.29, 1.82) is 0 Å². The Hall–Kier alpha value is -3.18. The summed E-state index contributed by atoms with van der Waals surface area (Å²) in [6, 6.07) is 10.4. The second-order valence-electron chi connectivity index (χ2n) is 9.03. The Kier molecular flexibility index (Phi) is 9.83. The highest BCUT2D eigenvalue weighted by Crippen LogP contribution is 2.37. The first-order chi connectivity index (χ1) is 16.8. The third-order valence-electron chi connectivity index (χ3n) is 5.78. The molecule has 8 nitrogen and oxygen atoms in total. The number of carbonyl (C=O) groups is 2. The van der Waals surface area contributed by atoms with Gasteiger partial charge < -0.3 is 18.8 Å². The first-order valence-electron chi connectivity index (χ1n) is 11.1. The molecule has 188 valence electrons. The van der Waals surface area contributed by atoms with E-state index in [1.165, 1.54) is 13.8 Å². The highest BCUT2D eigenvalue weighted by molar-refractivity contribution is 9.10. The summed E-state index contributed by atoms with van der Waals surface area (Å²) in [4.78, 5) is 28.3. The van der Waals surface area contributed by atoms with Crippen molar-refractivity contribution >= 4 is 51.8 Å². The molecule has 0 unspecified atom stereocenters. The van der Waals surface area contributed by atoms with Gasteiger partial charge in [0, 0.05) is 18.3 Å². The molecule has 0 atom stereocenters. The van der Waals surface area contributed by atoms with Crippen LogP contribution >= 0.6 is 15.9 Å². The predicted octanol–water partition coefficient (Wildman–Crippen LogP) is 5.66. The first kappa shape index (κ1) is 29.1. The second kappa shape index (κ2) is 12.2. The van der Waals surface area contributed by atoms with Gasteiger partial charge in [-0.15, -0.1) is 0 Å². The number of hydrogen-bond donors (Lipinski definition) is 0. The van der Waals surface area contributed by atoms with Gasteiger partial charge in [0.25, 0.3) is 0 Å². The van der Waals surface area contributed by atoms with Crippen molar-refractivity contribution < 1.29 is 28.4 Å². The van der Waals surface area contributed by atoms with E-state index in [-0.39, 0.29) is 25.2 Å². The van der Waals surface area contributed by atoms with E-state index in [4.69, 9.17) is 31.9 Å². The van der Waals surface area contributed by atoms with Crippen molar-refractivity contribution in [3.8, 4) is 0 Å². The van der Waals surface area contributed by atoms with Crippen LogP contribution in [0.3, 0.4) is 0 Å². The van der Waals surface area contributed by atoms with E-state index in [1.54, 1.807) is 36.4 Å². The van der Waals surface area contributed by atoms with Crippen molar-refractivity contribution in [2.24, 2.45) is 0 Å². The van der Waals surface area contributed by atoms with Gasteiger partial charge in [0.15, 0.2) is 11.4 Å². The van der Waals surface area contributed by atoms with Gasteiger partial charge in [-0.25, -0.2) is 9.69 Å². The van der Waals surface area contributed by atoms with E-state index < -0.39 is 18.3 Å². The highest BCUT2D eigenvalue weighted by Gasteiger charge is 2.52. The zero-order chi connectivity index (χ0) is 27.1. The van der Waals surface area contributed by atoms with Crippen molar-refractivity contribution in [2.75, 3.05) is 0 Å². The lowest BCUT2D eigenvalue weighted by molar-refractivity contribution is -0.143.